The lowest BCUT2D eigenvalue weighted by Gasteiger charge is -2.20. The minimum atomic E-state index is -0.0968. The summed E-state index contributed by atoms with van der Waals surface area (Å²) in [6.45, 7) is 12.1. The molecule has 1 aromatic carbocycles. The fourth-order valence-electron chi connectivity index (χ4n) is 3.58. The maximum absolute atomic E-state index is 12.6. The van der Waals surface area contributed by atoms with Crippen molar-refractivity contribution >= 4 is 22.8 Å². The van der Waals surface area contributed by atoms with E-state index in [1.165, 1.54) is 17.5 Å². The third-order valence-corrected chi connectivity index (χ3v) is 5.04. The van der Waals surface area contributed by atoms with Crippen molar-refractivity contribution in [1.29, 1.82) is 0 Å². The van der Waals surface area contributed by atoms with Crippen molar-refractivity contribution < 1.29 is 4.79 Å². The summed E-state index contributed by atoms with van der Waals surface area (Å²) in [4.78, 5) is 23.5. The first kappa shape index (κ1) is 19.8. The minimum absolute atomic E-state index is 0.0733. The first-order valence-corrected chi connectivity index (χ1v) is 9.72. The first-order chi connectivity index (χ1) is 13.4. The summed E-state index contributed by atoms with van der Waals surface area (Å²) in [7, 11) is 0. The number of nitrogens with one attached hydrogen (secondary N) is 1. The monoisotopic (exact) mass is 380 g/mol. The molecule has 0 saturated heterocycles. The number of aryl methyl sites for hydroxylation is 2. The van der Waals surface area contributed by atoms with Gasteiger partial charge in [-0.25, -0.2) is 14.6 Å². The maximum Gasteiger partial charge on any atom is 0.242 e. The molecule has 148 valence electrons. The molecule has 7 heteroatoms. The lowest BCUT2D eigenvalue weighted by molar-refractivity contribution is -0.122. The second kappa shape index (κ2) is 8.37. The highest BCUT2D eigenvalue weighted by atomic mass is 16.2. The second-order valence-electron chi connectivity index (χ2n) is 7.06. The van der Waals surface area contributed by atoms with Crippen LogP contribution in [0.1, 0.15) is 43.5 Å². The molecule has 0 bridgehead atoms. The topological polar surface area (TPSA) is 75.9 Å². The highest BCUT2D eigenvalue weighted by Gasteiger charge is 2.17. The van der Waals surface area contributed by atoms with E-state index in [4.69, 9.17) is 0 Å². The van der Waals surface area contributed by atoms with Crippen molar-refractivity contribution in [2.45, 2.75) is 47.2 Å². The number of hydrogen-bond acceptors (Lipinski definition) is 5. The third-order valence-electron chi connectivity index (χ3n) is 5.04. The van der Waals surface area contributed by atoms with E-state index in [1.807, 2.05) is 6.92 Å². The summed E-state index contributed by atoms with van der Waals surface area (Å²) in [5, 5.41) is 8.31. The molecular weight excluding hydrogens is 352 g/mol. The van der Waals surface area contributed by atoms with Crippen LogP contribution in [0.25, 0.3) is 11.0 Å². The van der Waals surface area contributed by atoms with Crippen molar-refractivity contribution in [1.82, 2.24) is 25.1 Å². The molecule has 0 saturated carbocycles. The lowest BCUT2D eigenvalue weighted by atomic mass is 10.0. The summed E-state index contributed by atoms with van der Waals surface area (Å²) >= 11 is 0. The first-order valence-electron chi connectivity index (χ1n) is 9.72. The van der Waals surface area contributed by atoms with Crippen LogP contribution in [0, 0.1) is 13.8 Å². The molecule has 2 heterocycles. The Bertz CT molecular complexity index is 976. The largest absolute Gasteiger partial charge is 0.356 e. The van der Waals surface area contributed by atoms with Crippen molar-refractivity contribution in [2.24, 2.45) is 0 Å². The number of rotatable bonds is 7. The maximum atomic E-state index is 12.6. The van der Waals surface area contributed by atoms with Crippen LogP contribution in [0.5, 0.6) is 0 Å². The quantitative estimate of drug-likeness (QED) is 0.681. The van der Waals surface area contributed by atoms with Gasteiger partial charge in [-0.05, 0) is 45.7 Å². The van der Waals surface area contributed by atoms with Gasteiger partial charge in [-0.1, -0.05) is 23.8 Å². The Hall–Kier alpha value is -2.96. The van der Waals surface area contributed by atoms with Gasteiger partial charge in [0.2, 0.25) is 5.91 Å². The highest BCUT2D eigenvalue weighted by molar-refractivity contribution is 5.87. The number of anilines is 1. The molecule has 0 radical (unpaired) electrons. The van der Waals surface area contributed by atoms with E-state index in [1.54, 1.807) is 10.9 Å². The molecule has 1 amide bonds. The Morgan fingerprint density at radius 1 is 1.21 bits per heavy atom. The number of fused-ring (bicyclic) bond motifs is 1. The molecule has 1 unspecified atom stereocenters. The van der Waals surface area contributed by atoms with Gasteiger partial charge in [0.05, 0.1) is 17.6 Å². The summed E-state index contributed by atoms with van der Waals surface area (Å²) in [5.74, 6) is 0.755. The molecule has 1 N–H and O–H groups in total. The van der Waals surface area contributed by atoms with Crippen LogP contribution in [0.3, 0.4) is 0 Å². The average molecular weight is 380 g/mol. The van der Waals surface area contributed by atoms with Gasteiger partial charge in [0, 0.05) is 13.1 Å². The van der Waals surface area contributed by atoms with Gasteiger partial charge in [-0.2, -0.15) is 5.10 Å². The predicted octanol–water partition coefficient (Wildman–Crippen LogP) is 3.17. The van der Waals surface area contributed by atoms with Gasteiger partial charge in [0.25, 0.3) is 0 Å². The second-order valence-corrected chi connectivity index (χ2v) is 7.06. The van der Waals surface area contributed by atoms with Crippen LogP contribution in [-0.4, -0.2) is 38.7 Å². The number of hydrogen-bond donors (Lipinski definition) is 1. The van der Waals surface area contributed by atoms with Crippen LogP contribution >= 0.6 is 0 Å². The third kappa shape index (κ3) is 3.98. The number of carbonyl (C=O) groups is 1. The molecule has 3 rings (SSSR count). The van der Waals surface area contributed by atoms with E-state index in [-0.39, 0.29) is 18.5 Å². The summed E-state index contributed by atoms with van der Waals surface area (Å²) in [6, 6.07) is 6.20. The van der Waals surface area contributed by atoms with Crippen molar-refractivity contribution in [2.75, 3.05) is 18.0 Å². The number of carbonyl (C=O) groups excluding carboxylic acids is 1. The minimum Gasteiger partial charge on any atom is -0.356 e. The summed E-state index contributed by atoms with van der Waals surface area (Å²) in [5.41, 5.74) is 4.18. The Labute approximate surface area is 165 Å². The fraction of sp³-hybridized carbons (Fsp3) is 0.429. The van der Waals surface area contributed by atoms with E-state index in [2.05, 4.69) is 71.2 Å². The Morgan fingerprint density at radius 3 is 2.64 bits per heavy atom. The smallest absolute Gasteiger partial charge is 0.242 e. The Morgan fingerprint density at radius 2 is 1.96 bits per heavy atom. The molecule has 0 aliphatic carbocycles. The SMILES string of the molecule is CCN(CC)c1ncnc2c1cnn2CC(=O)NC(C)c1ccc(C)cc1C. The summed E-state index contributed by atoms with van der Waals surface area (Å²) in [6.07, 6.45) is 3.27. The zero-order valence-electron chi connectivity index (χ0n) is 17.2. The number of amides is 1. The van der Waals surface area contributed by atoms with Gasteiger partial charge in [-0.15, -0.1) is 0 Å². The van der Waals surface area contributed by atoms with E-state index in [0.717, 1.165) is 29.9 Å². The van der Waals surface area contributed by atoms with Gasteiger partial charge in [0.15, 0.2) is 5.65 Å². The molecule has 3 aromatic rings. The molecule has 7 nitrogen and oxygen atoms in total. The molecule has 1 atom stereocenters. The van der Waals surface area contributed by atoms with Crippen molar-refractivity contribution in [3.63, 3.8) is 0 Å². The average Bonchev–Trinajstić information content (AvgIpc) is 3.06. The standard InChI is InChI=1S/C21H28N6O/c1-6-26(7-2)20-18-11-24-27(21(18)23-13-22-20)12-19(28)25-16(5)17-9-8-14(3)10-15(17)4/h8-11,13,16H,6-7,12H2,1-5H3,(H,25,28). The fourth-order valence-corrected chi connectivity index (χ4v) is 3.58. The highest BCUT2D eigenvalue weighted by Crippen LogP contribution is 2.22. The molecule has 0 aliphatic heterocycles. The zero-order chi connectivity index (χ0) is 20.3. The number of aromatic nitrogens is 4. The molecule has 0 spiro atoms. The molecule has 28 heavy (non-hydrogen) atoms. The van der Waals surface area contributed by atoms with E-state index in [0.29, 0.717) is 5.65 Å². The number of nitrogens with zero attached hydrogens (tertiary/aromatic N) is 5. The van der Waals surface area contributed by atoms with Gasteiger partial charge in [0.1, 0.15) is 18.7 Å². The van der Waals surface area contributed by atoms with Crippen molar-refractivity contribution in [3.05, 3.63) is 47.4 Å². The van der Waals surface area contributed by atoms with E-state index >= 15 is 0 Å². The normalized spacial score (nSPS) is 12.2. The van der Waals surface area contributed by atoms with Gasteiger partial charge < -0.3 is 10.2 Å². The van der Waals surface area contributed by atoms with Crippen LogP contribution in [0.15, 0.2) is 30.7 Å². The molecule has 2 aromatic heterocycles. The van der Waals surface area contributed by atoms with E-state index < -0.39 is 0 Å². The van der Waals surface area contributed by atoms with Gasteiger partial charge >= 0.3 is 0 Å². The van der Waals surface area contributed by atoms with Crippen LogP contribution in [-0.2, 0) is 11.3 Å². The van der Waals surface area contributed by atoms with Gasteiger partial charge in [-0.3, -0.25) is 4.79 Å². The van der Waals surface area contributed by atoms with Crippen LogP contribution in [0.4, 0.5) is 5.82 Å². The summed E-state index contributed by atoms with van der Waals surface area (Å²) < 4.78 is 1.63. The lowest BCUT2D eigenvalue weighted by Crippen LogP contribution is -2.30. The van der Waals surface area contributed by atoms with Crippen LogP contribution < -0.4 is 10.2 Å². The zero-order valence-corrected chi connectivity index (χ0v) is 17.2. The predicted molar refractivity (Wildman–Crippen MR) is 111 cm³/mol. The van der Waals surface area contributed by atoms with E-state index in [9.17, 15) is 4.79 Å². The molecule has 0 aliphatic rings. The van der Waals surface area contributed by atoms with Crippen LogP contribution in [0.2, 0.25) is 0 Å². The molecular formula is C21H28N6O. The number of benzene rings is 1. The molecule has 0 fully saturated rings. The Kier molecular flexibility index (Phi) is 5.92. The van der Waals surface area contributed by atoms with Crippen molar-refractivity contribution in [3.8, 4) is 0 Å². The Balaban J connectivity index is 1.77.